The molecule has 0 amide bonds. The van der Waals surface area contributed by atoms with Crippen LogP contribution in [0.3, 0.4) is 0 Å². The van der Waals surface area contributed by atoms with Crippen LogP contribution in [-0.4, -0.2) is 9.91 Å². The van der Waals surface area contributed by atoms with Crippen LogP contribution in [0.2, 0.25) is 0 Å². The van der Waals surface area contributed by atoms with Crippen LogP contribution >= 0.6 is 0 Å². The van der Waals surface area contributed by atoms with E-state index in [-0.39, 0.29) is 10.6 Å². The fraction of sp³-hybridized carbons (Fsp3) is 0.312. The summed E-state index contributed by atoms with van der Waals surface area (Å²) in [6, 6.07) is 9.18. The third-order valence-electron chi connectivity index (χ3n) is 3.59. The number of hydrogen-bond donors (Lipinski definition) is 1. The zero-order valence-electron chi connectivity index (χ0n) is 12.3. The molecule has 0 saturated carbocycles. The molecule has 1 heterocycles. The van der Waals surface area contributed by atoms with E-state index in [0.29, 0.717) is 18.7 Å². The summed E-state index contributed by atoms with van der Waals surface area (Å²) in [5, 5.41) is 14.2. The van der Waals surface area contributed by atoms with Crippen molar-refractivity contribution in [1.82, 2.24) is 10.3 Å². The summed E-state index contributed by atoms with van der Waals surface area (Å²) in [6.45, 7) is 5.14. The van der Waals surface area contributed by atoms with E-state index in [2.05, 4.69) is 23.3 Å². The maximum atomic E-state index is 10.9. The molecular weight excluding hydrogens is 266 g/mol. The molecule has 5 nitrogen and oxygen atoms in total. The molecule has 0 unspecified atom stereocenters. The lowest BCUT2D eigenvalue weighted by atomic mass is 10.1. The molecule has 0 aliphatic heterocycles. The number of nitro benzene ring substituents is 1. The molecule has 2 aromatic rings. The van der Waals surface area contributed by atoms with Crippen molar-refractivity contribution < 1.29 is 4.92 Å². The molecular formula is C16H19N3O2. The minimum absolute atomic E-state index is 0.168. The Labute approximate surface area is 124 Å². The van der Waals surface area contributed by atoms with Gasteiger partial charge in [0.05, 0.1) is 10.6 Å². The van der Waals surface area contributed by atoms with Gasteiger partial charge in [0, 0.05) is 30.9 Å². The molecule has 0 spiro atoms. The van der Waals surface area contributed by atoms with Gasteiger partial charge in [-0.1, -0.05) is 25.1 Å². The molecule has 110 valence electrons. The highest BCUT2D eigenvalue weighted by Gasteiger charge is 2.12. The molecule has 0 aliphatic rings. The summed E-state index contributed by atoms with van der Waals surface area (Å²) in [6.07, 6.45) is 2.73. The van der Waals surface area contributed by atoms with Crippen LogP contribution in [0, 0.1) is 17.0 Å². The number of nitrogens with zero attached hydrogens (tertiary/aromatic N) is 2. The zero-order chi connectivity index (χ0) is 15.2. The van der Waals surface area contributed by atoms with Gasteiger partial charge in [0.2, 0.25) is 0 Å². The van der Waals surface area contributed by atoms with Crippen LogP contribution in [0.1, 0.15) is 29.3 Å². The molecule has 21 heavy (non-hydrogen) atoms. The number of aryl methyl sites for hydroxylation is 1. The lowest BCUT2D eigenvalue weighted by Crippen LogP contribution is -2.16. The van der Waals surface area contributed by atoms with Crippen LogP contribution in [0.5, 0.6) is 0 Å². The molecule has 0 radical (unpaired) electrons. The smallest absolute Gasteiger partial charge is 0.272 e. The van der Waals surface area contributed by atoms with E-state index in [0.717, 1.165) is 17.7 Å². The highest BCUT2D eigenvalue weighted by atomic mass is 16.6. The topological polar surface area (TPSA) is 68.1 Å². The molecule has 5 heteroatoms. The Bertz CT molecular complexity index is 641. The largest absolute Gasteiger partial charge is 0.307 e. The molecule has 0 saturated heterocycles. The number of nitrogens with one attached hydrogen (secondary N) is 1. The Hall–Kier alpha value is -2.27. The predicted molar refractivity (Wildman–Crippen MR) is 82.0 cm³/mol. The van der Waals surface area contributed by atoms with Gasteiger partial charge in [-0.3, -0.25) is 15.1 Å². The first kappa shape index (κ1) is 15.1. The summed E-state index contributed by atoms with van der Waals surface area (Å²) in [7, 11) is 0. The van der Waals surface area contributed by atoms with Gasteiger partial charge < -0.3 is 5.32 Å². The van der Waals surface area contributed by atoms with Crippen LogP contribution in [0.25, 0.3) is 0 Å². The van der Waals surface area contributed by atoms with Gasteiger partial charge in [-0.2, -0.15) is 0 Å². The average molecular weight is 285 g/mol. The fourth-order valence-corrected chi connectivity index (χ4v) is 2.33. The van der Waals surface area contributed by atoms with Gasteiger partial charge in [-0.05, 0) is 30.5 Å². The van der Waals surface area contributed by atoms with Gasteiger partial charge in [0.25, 0.3) is 5.69 Å². The van der Waals surface area contributed by atoms with Crippen LogP contribution in [-0.2, 0) is 19.5 Å². The van der Waals surface area contributed by atoms with Gasteiger partial charge in [0.1, 0.15) is 0 Å². The SMILES string of the molecule is CCc1cccnc1CNCc1cccc([N+](=O)[O-])c1C. The van der Waals surface area contributed by atoms with Gasteiger partial charge in [-0.25, -0.2) is 0 Å². The van der Waals surface area contributed by atoms with Crippen molar-refractivity contribution in [2.75, 3.05) is 0 Å². The van der Waals surface area contributed by atoms with Crippen molar-refractivity contribution in [2.24, 2.45) is 0 Å². The number of benzene rings is 1. The first-order valence-electron chi connectivity index (χ1n) is 6.99. The van der Waals surface area contributed by atoms with Crippen LogP contribution in [0.15, 0.2) is 36.5 Å². The number of hydrogen-bond acceptors (Lipinski definition) is 4. The molecule has 1 aromatic carbocycles. The van der Waals surface area contributed by atoms with Crippen molar-refractivity contribution in [2.45, 2.75) is 33.4 Å². The molecule has 2 rings (SSSR count). The van der Waals surface area contributed by atoms with E-state index in [9.17, 15) is 10.1 Å². The first-order chi connectivity index (χ1) is 10.1. The molecule has 1 aromatic heterocycles. The molecule has 1 N–H and O–H groups in total. The summed E-state index contributed by atoms with van der Waals surface area (Å²) in [5.74, 6) is 0. The minimum Gasteiger partial charge on any atom is -0.307 e. The maximum Gasteiger partial charge on any atom is 0.272 e. The average Bonchev–Trinajstić information content (AvgIpc) is 2.49. The third kappa shape index (κ3) is 3.64. The zero-order valence-corrected chi connectivity index (χ0v) is 12.3. The number of nitro groups is 1. The summed E-state index contributed by atoms with van der Waals surface area (Å²) >= 11 is 0. The van der Waals surface area contributed by atoms with E-state index in [1.54, 1.807) is 19.2 Å². The van der Waals surface area contributed by atoms with Crippen molar-refractivity contribution in [3.63, 3.8) is 0 Å². The lowest BCUT2D eigenvalue weighted by molar-refractivity contribution is -0.385. The van der Waals surface area contributed by atoms with Crippen molar-refractivity contribution >= 4 is 5.69 Å². The summed E-state index contributed by atoms with van der Waals surface area (Å²) in [4.78, 5) is 15.0. The van der Waals surface area contributed by atoms with E-state index in [4.69, 9.17) is 0 Å². The Morgan fingerprint density at radius 2 is 1.95 bits per heavy atom. The Balaban J connectivity index is 2.04. The Kier molecular flexibility index (Phi) is 5.00. The molecule has 0 atom stereocenters. The van der Waals surface area contributed by atoms with E-state index in [1.165, 1.54) is 11.6 Å². The van der Waals surface area contributed by atoms with Crippen molar-refractivity contribution in [3.8, 4) is 0 Å². The summed E-state index contributed by atoms with van der Waals surface area (Å²) in [5.41, 5.74) is 4.08. The van der Waals surface area contributed by atoms with Gasteiger partial charge in [0.15, 0.2) is 0 Å². The van der Waals surface area contributed by atoms with Crippen LogP contribution < -0.4 is 5.32 Å². The van der Waals surface area contributed by atoms with E-state index >= 15 is 0 Å². The van der Waals surface area contributed by atoms with Crippen molar-refractivity contribution in [3.05, 3.63) is 69.0 Å². The van der Waals surface area contributed by atoms with E-state index < -0.39 is 0 Å². The maximum absolute atomic E-state index is 10.9. The second kappa shape index (κ2) is 6.95. The van der Waals surface area contributed by atoms with Gasteiger partial charge in [-0.15, -0.1) is 0 Å². The second-order valence-electron chi connectivity index (χ2n) is 4.88. The third-order valence-corrected chi connectivity index (χ3v) is 3.59. The first-order valence-corrected chi connectivity index (χ1v) is 6.99. The normalized spacial score (nSPS) is 10.6. The molecule has 0 bridgehead atoms. The van der Waals surface area contributed by atoms with Crippen molar-refractivity contribution in [1.29, 1.82) is 0 Å². The van der Waals surface area contributed by atoms with Crippen LogP contribution in [0.4, 0.5) is 5.69 Å². The Morgan fingerprint density at radius 1 is 1.19 bits per heavy atom. The second-order valence-corrected chi connectivity index (χ2v) is 4.88. The monoisotopic (exact) mass is 285 g/mol. The fourth-order valence-electron chi connectivity index (χ4n) is 2.33. The lowest BCUT2D eigenvalue weighted by Gasteiger charge is -2.10. The van der Waals surface area contributed by atoms with Gasteiger partial charge >= 0.3 is 0 Å². The predicted octanol–water partition coefficient (Wildman–Crippen LogP) is 3.15. The van der Waals surface area contributed by atoms with E-state index in [1.807, 2.05) is 12.1 Å². The number of rotatable bonds is 6. The highest BCUT2D eigenvalue weighted by molar-refractivity contribution is 5.44. The molecule has 0 fully saturated rings. The standard InChI is InChI=1S/C16H19N3O2/c1-3-13-7-5-9-18-15(13)11-17-10-14-6-4-8-16(12(14)2)19(20)21/h4-9,17H,3,10-11H2,1-2H3. The number of pyridine rings is 1. The minimum atomic E-state index is -0.341. The summed E-state index contributed by atoms with van der Waals surface area (Å²) < 4.78 is 0. The molecule has 0 aliphatic carbocycles. The number of aromatic nitrogens is 1. The highest BCUT2D eigenvalue weighted by Crippen LogP contribution is 2.20. The quantitative estimate of drug-likeness (QED) is 0.654. The Morgan fingerprint density at radius 3 is 2.67 bits per heavy atom.